The Kier molecular flexibility index (Phi) is 4.18. The van der Waals surface area contributed by atoms with E-state index in [1.54, 1.807) is 12.1 Å². The van der Waals surface area contributed by atoms with E-state index in [0.29, 0.717) is 17.3 Å². The number of hydrogen-bond donors (Lipinski definition) is 0. The normalized spacial score (nSPS) is 11.0. The number of halogens is 1. The van der Waals surface area contributed by atoms with Crippen molar-refractivity contribution in [1.82, 2.24) is 10.1 Å². The minimum absolute atomic E-state index is 0.155. The summed E-state index contributed by atoms with van der Waals surface area (Å²) in [6.45, 7) is 6.10. The molecule has 2 aromatic carbocycles. The van der Waals surface area contributed by atoms with Crippen LogP contribution in [0.3, 0.4) is 0 Å². The maximum absolute atomic E-state index is 13.1. The van der Waals surface area contributed by atoms with Crippen molar-refractivity contribution in [3.8, 4) is 23.3 Å². The van der Waals surface area contributed by atoms with Gasteiger partial charge in [-0.05, 0) is 42.5 Å². The predicted octanol–water partition coefficient (Wildman–Crippen LogP) is 4.57. The molecule has 0 atom stereocenters. The lowest BCUT2D eigenvalue weighted by Crippen LogP contribution is -2.13. The number of hydrogen-bond acceptors (Lipinski definition) is 3. The van der Waals surface area contributed by atoms with E-state index < -0.39 is 0 Å². The van der Waals surface area contributed by atoms with Gasteiger partial charge in [0, 0.05) is 22.1 Å². The zero-order valence-corrected chi connectivity index (χ0v) is 13.8. The quantitative estimate of drug-likeness (QED) is 0.616. The molecule has 4 heteroatoms. The third-order valence-electron chi connectivity index (χ3n) is 3.40. The molecule has 1 heterocycles. The Bertz CT molecular complexity index is 909. The Hall–Kier alpha value is -2.93. The van der Waals surface area contributed by atoms with E-state index >= 15 is 0 Å². The molecule has 3 rings (SSSR count). The largest absolute Gasteiger partial charge is 0.334 e. The van der Waals surface area contributed by atoms with Gasteiger partial charge in [0.25, 0.3) is 5.89 Å². The lowest BCUT2D eigenvalue weighted by molar-refractivity contribution is 0.402. The van der Waals surface area contributed by atoms with Crippen LogP contribution in [0.1, 0.15) is 37.7 Å². The highest BCUT2D eigenvalue weighted by Gasteiger charge is 2.21. The summed E-state index contributed by atoms with van der Waals surface area (Å²) >= 11 is 0. The highest BCUT2D eigenvalue weighted by atomic mass is 19.1. The number of aromatic nitrogens is 2. The van der Waals surface area contributed by atoms with Gasteiger partial charge >= 0.3 is 0 Å². The smallest absolute Gasteiger partial charge is 0.257 e. The number of nitrogens with zero attached hydrogens (tertiary/aromatic N) is 2. The van der Waals surface area contributed by atoms with E-state index in [1.165, 1.54) is 12.1 Å². The molecule has 0 bridgehead atoms. The van der Waals surface area contributed by atoms with Gasteiger partial charge in [-0.2, -0.15) is 4.98 Å². The molecular weight excluding hydrogens is 303 g/mol. The molecule has 0 radical (unpaired) electrons. The van der Waals surface area contributed by atoms with Gasteiger partial charge in [0.15, 0.2) is 5.82 Å². The third-order valence-corrected chi connectivity index (χ3v) is 3.40. The second-order valence-electron chi connectivity index (χ2n) is 6.51. The summed E-state index contributed by atoms with van der Waals surface area (Å²) in [6, 6.07) is 13.8. The highest BCUT2D eigenvalue weighted by Crippen LogP contribution is 2.23. The SMILES string of the molecule is CC(C)(C)c1noc(-c2ccc(C#Cc3cccc(F)c3)cc2)n1. The summed E-state index contributed by atoms with van der Waals surface area (Å²) in [6.07, 6.45) is 0. The van der Waals surface area contributed by atoms with Crippen LogP contribution < -0.4 is 0 Å². The van der Waals surface area contributed by atoms with Crippen molar-refractivity contribution in [1.29, 1.82) is 0 Å². The van der Waals surface area contributed by atoms with Gasteiger partial charge in [0.05, 0.1) is 0 Å². The van der Waals surface area contributed by atoms with Gasteiger partial charge < -0.3 is 4.52 Å². The summed E-state index contributed by atoms with van der Waals surface area (Å²) < 4.78 is 18.4. The van der Waals surface area contributed by atoms with E-state index in [2.05, 4.69) is 22.0 Å². The van der Waals surface area contributed by atoms with Crippen LogP contribution in [-0.4, -0.2) is 10.1 Å². The molecule has 0 saturated heterocycles. The standard InChI is InChI=1S/C20H17FN2O/c1-20(2,3)19-22-18(24-23-19)16-11-9-14(10-12-16)7-8-15-5-4-6-17(21)13-15/h4-6,9-13H,1-3H3. The molecule has 3 aromatic rings. The highest BCUT2D eigenvalue weighted by molar-refractivity contribution is 5.55. The summed E-state index contributed by atoms with van der Waals surface area (Å²) in [4.78, 5) is 4.43. The molecule has 3 nitrogen and oxygen atoms in total. The third kappa shape index (κ3) is 3.69. The summed E-state index contributed by atoms with van der Waals surface area (Å²) in [5.74, 6) is 6.83. The first kappa shape index (κ1) is 15.9. The van der Waals surface area contributed by atoms with Gasteiger partial charge in [-0.15, -0.1) is 0 Å². The predicted molar refractivity (Wildman–Crippen MR) is 90.8 cm³/mol. The Morgan fingerprint density at radius 1 is 0.958 bits per heavy atom. The molecule has 0 unspecified atom stereocenters. The van der Waals surface area contributed by atoms with Crippen molar-refractivity contribution in [3.05, 3.63) is 71.3 Å². The minimum atomic E-state index is -0.289. The average Bonchev–Trinajstić information content (AvgIpc) is 3.04. The molecule has 0 aliphatic heterocycles. The van der Waals surface area contributed by atoms with Crippen LogP contribution in [0, 0.1) is 17.7 Å². The molecule has 1 aromatic heterocycles. The Labute approximate surface area is 140 Å². The van der Waals surface area contributed by atoms with Crippen molar-refractivity contribution >= 4 is 0 Å². The van der Waals surface area contributed by atoms with Crippen LogP contribution >= 0.6 is 0 Å². The molecular formula is C20H17FN2O. The van der Waals surface area contributed by atoms with Gasteiger partial charge in [0.2, 0.25) is 0 Å². The maximum Gasteiger partial charge on any atom is 0.257 e. The monoisotopic (exact) mass is 320 g/mol. The molecule has 120 valence electrons. The topological polar surface area (TPSA) is 38.9 Å². The van der Waals surface area contributed by atoms with E-state index in [0.717, 1.165) is 11.1 Å². The molecule has 0 saturated carbocycles. The van der Waals surface area contributed by atoms with Crippen molar-refractivity contribution in [2.45, 2.75) is 26.2 Å². The summed E-state index contributed by atoms with van der Waals surface area (Å²) in [7, 11) is 0. The van der Waals surface area contributed by atoms with E-state index in [4.69, 9.17) is 4.52 Å². The Morgan fingerprint density at radius 3 is 2.29 bits per heavy atom. The molecule has 24 heavy (non-hydrogen) atoms. The molecule has 0 spiro atoms. The summed E-state index contributed by atoms with van der Waals surface area (Å²) in [5, 5.41) is 4.02. The molecule has 0 fully saturated rings. The Morgan fingerprint density at radius 2 is 1.67 bits per heavy atom. The fraction of sp³-hybridized carbons (Fsp3) is 0.200. The second-order valence-corrected chi connectivity index (χ2v) is 6.51. The maximum atomic E-state index is 13.1. The van der Waals surface area contributed by atoms with E-state index in [9.17, 15) is 4.39 Å². The fourth-order valence-electron chi connectivity index (χ4n) is 2.05. The molecule has 0 amide bonds. The Balaban J connectivity index is 1.80. The van der Waals surface area contributed by atoms with Gasteiger partial charge in [0.1, 0.15) is 5.82 Å². The van der Waals surface area contributed by atoms with Crippen LogP contribution in [0.4, 0.5) is 4.39 Å². The van der Waals surface area contributed by atoms with Gasteiger partial charge in [-0.25, -0.2) is 4.39 Å². The second kappa shape index (κ2) is 6.29. The fourth-order valence-corrected chi connectivity index (χ4v) is 2.05. The van der Waals surface area contributed by atoms with E-state index in [-0.39, 0.29) is 11.2 Å². The van der Waals surface area contributed by atoms with Gasteiger partial charge in [-0.3, -0.25) is 0 Å². The van der Waals surface area contributed by atoms with Gasteiger partial charge in [-0.1, -0.05) is 43.8 Å². The van der Waals surface area contributed by atoms with Crippen molar-refractivity contribution in [2.75, 3.05) is 0 Å². The van der Waals surface area contributed by atoms with Crippen molar-refractivity contribution < 1.29 is 8.91 Å². The van der Waals surface area contributed by atoms with E-state index in [1.807, 2.05) is 45.0 Å². The zero-order valence-electron chi connectivity index (χ0n) is 13.8. The molecule has 0 N–H and O–H groups in total. The zero-order chi connectivity index (χ0) is 17.2. The molecule has 0 aliphatic rings. The van der Waals surface area contributed by atoms with Crippen LogP contribution in [0.2, 0.25) is 0 Å². The van der Waals surface area contributed by atoms with Crippen LogP contribution in [0.5, 0.6) is 0 Å². The minimum Gasteiger partial charge on any atom is -0.334 e. The average molecular weight is 320 g/mol. The lowest BCUT2D eigenvalue weighted by atomic mass is 9.96. The summed E-state index contributed by atoms with van der Waals surface area (Å²) in [5.41, 5.74) is 2.16. The first-order valence-electron chi connectivity index (χ1n) is 7.64. The van der Waals surface area contributed by atoms with Crippen molar-refractivity contribution in [2.24, 2.45) is 0 Å². The molecule has 0 aliphatic carbocycles. The number of rotatable bonds is 1. The first-order valence-corrected chi connectivity index (χ1v) is 7.64. The number of benzene rings is 2. The van der Waals surface area contributed by atoms with Crippen LogP contribution in [0.15, 0.2) is 53.1 Å². The van der Waals surface area contributed by atoms with Crippen LogP contribution in [0.25, 0.3) is 11.5 Å². The van der Waals surface area contributed by atoms with Crippen molar-refractivity contribution in [3.63, 3.8) is 0 Å². The lowest BCUT2D eigenvalue weighted by Gasteiger charge is -2.10. The van der Waals surface area contributed by atoms with Crippen LogP contribution in [-0.2, 0) is 5.41 Å². The first-order chi connectivity index (χ1) is 11.4.